The van der Waals surface area contributed by atoms with E-state index >= 15 is 0 Å². The van der Waals surface area contributed by atoms with Gasteiger partial charge in [-0.15, -0.1) is 0 Å². The van der Waals surface area contributed by atoms with Crippen LogP contribution in [0.4, 0.5) is 0 Å². The van der Waals surface area contributed by atoms with Gasteiger partial charge in [-0.2, -0.15) is 0 Å². The minimum Gasteiger partial charge on any atom is -0.299 e. The molecule has 1 aromatic heterocycles. The maximum Gasteiger partial charge on any atom is 0.0410 e. The Hall–Kier alpha value is -0.410. The highest BCUT2D eigenvalue weighted by Crippen LogP contribution is 2.14. The van der Waals surface area contributed by atoms with E-state index in [4.69, 9.17) is 0 Å². The fourth-order valence-corrected chi connectivity index (χ4v) is 1.75. The molecule has 0 radical (unpaired) electrons. The molecule has 0 aromatic carbocycles. The summed E-state index contributed by atoms with van der Waals surface area (Å²) in [6.45, 7) is 3.53. The van der Waals surface area contributed by atoms with Gasteiger partial charge in [-0.3, -0.25) is 9.88 Å². The standard InChI is InChI=1S/C9H11BrN2/c10-9-4-8(5-11-6-9)7-12-2-1-3-12/h4-6H,1-3,7H2. The van der Waals surface area contributed by atoms with Crippen molar-refractivity contribution in [2.45, 2.75) is 13.0 Å². The summed E-state index contributed by atoms with van der Waals surface area (Å²) in [6.07, 6.45) is 5.10. The van der Waals surface area contributed by atoms with Crippen LogP contribution in [0.3, 0.4) is 0 Å². The highest BCUT2D eigenvalue weighted by molar-refractivity contribution is 9.10. The van der Waals surface area contributed by atoms with Crippen LogP contribution in [0.1, 0.15) is 12.0 Å². The molecule has 0 spiro atoms. The van der Waals surface area contributed by atoms with Crippen molar-refractivity contribution in [3.05, 3.63) is 28.5 Å². The number of aromatic nitrogens is 1. The number of hydrogen-bond acceptors (Lipinski definition) is 2. The summed E-state index contributed by atoms with van der Waals surface area (Å²) < 4.78 is 1.07. The Morgan fingerprint density at radius 1 is 1.42 bits per heavy atom. The van der Waals surface area contributed by atoms with Crippen molar-refractivity contribution >= 4 is 15.9 Å². The van der Waals surface area contributed by atoms with E-state index in [2.05, 4.69) is 31.9 Å². The normalized spacial score (nSPS) is 17.4. The third kappa shape index (κ3) is 1.84. The lowest BCUT2D eigenvalue weighted by molar-refractivity contribution is 0.172. The van der Waals surface area contributed by atoms with Crippen LogP contribution in [0.2, 0.25) is 0 Å². The first kappa shape index (κ1) is 8.20. The van der Waals surface area contributed by atoms with Gasteiger partial charge >= 0.3 is 0 Å². The van der Waals surface area contributed by atoms with Gasteiger partial charge < -0.3 is 0 Å². The van der Waals surface area contributed by atoms with Gasteiger partial charge in [-0.25, -0.2) is 0 Å². The third-order valence-corrected chi connectivity index (χ3v) is 2.55. The average Bonchev–Trinajstić information content (AvgIpc) is 1.97. The second-order valence-electron chi connectivity index (χ2n) is 3.14. The van der Waals surface area contributed by atoms with Crippen molar-refractivity contribution in [1.82, 2.24) is 9.88 Å². The number of hydrogen-bond donors (Lipinski definition) is 0. The molecule has 1 aliphatic rings. The van der Waals surface area contributed by atoms with E-state index in [9.17, 15) is 0 Å². The summed E-state index contributed by atoms with van der Waals surface area (Å²) in [6, 6.07) is 2.13. The van der Waals surface area contributed by atoms with E-state index in [0.29, 0.717) is 0 Å². The lowest BCUT2D eigenvalue weighted by atomic mass is 10.2. The van der Waals surface area contributed by atoms with Crippen molar-refractivity contribution in [1.29, 1.82) is 0 Å². The summed E-state index contributed by atoms with van der Waals surface area (Å²) in [7, 11) is 0. The molecule has 12 heavy (non-hydrogen) atoms. The van der Waals surface area contributed by atoms with Gasteiger partial charge in [0.1, 0.15) is 0 Å². The summed E-state index contributed by atoms with van der Waals surface area (Å²) >= 11 is 3.41. The molecule has 0 saturated carbocycles. The Kier molecular flexibility index (Phi) is 2.42. The monoisotopic (exact) mass is 226 g/mol. The molecule has 0 aliphatic carbocycles. The quantitative estimate of drug-likeness (QED) is 0.768. The van der Waals surface area contributed by atoms with E-state index in [0.717, 1.165) is 11.0 Å². The Morgan fingerprint density at radius 2 is 2.25 bits per heavy atom. The van der Waals surface area contributed by atoms with Gasteiger partial charge in [0.05, 0.1) is 0 Å². The van der Waals surface area contributed by atoms with Crippen LogP contribution < -0.4 is 0 Å². The largest absolute Gasteiger partial charge is 0.299 e. The van der Waals surface area contributed by atoms with Crippen molar-refractivity contribution in [3.8, 4) is 0 Å². The van der Waals surface area contributed by atoms with E-state index in [1.54, 1.807) is 0 Å². The molecule has 1 saturated heterocycles. The molecule has 1 fully saturated rings. The van der Waals surface area contributed by atoms with Crippen LogP contribution >= 0.6 is 15.9 Å². The average molecular weight is 227 g/mol. The molecule has 0 amide bonds. The predicted octanol–water partition coefficient (Wildman–Crippen LogP) is 2.05. The minimum absolute atomic E-state index is 1.05. The number of halogens is 1. The molecule has 0 atom stereocenters. The molecule has 2 nitrogen and oxygen atoms in total. The maximum atomic E-state index is 4.12. The molecule has 1 aromatic rings. The molecular formula is C9H11BrN2. The Labute approximate surface area is 80.7 Å². The highest BCUT2D eigenvalue weighted by atomic mass is 79.9. The summed E-state index contributed by atoms with van der Waals surface area (Å²) in [4.78, 5) is 6.54. The van der Waals surface area contributed by atoms with Gasteiger partial charge in [0.2, 0.25) is 0 Å². The van der Waals surface area contributed by atoms with E-state index in [1.807, 2.05) is 12.4 Å². The number of rotatable bonds is 2. The van der Waals surface area contributed by atoms with Crippen molar-refractivity contribution in [3.63, 3.8) is 0 Å². The molecule has 64 valence electrons. The Bertz CT molecular complexity index is 271. The second-order valence-corrected chi connectivity index (χ2v) is 4.06. The van der Waals surface area contributed by atoms with Gasteiger partial charge in [0, 0.05) is 23.4 Å². The van der Waals surface area contributed by atoms with Crippen LogP contribution in [0.5, 0.6) is 0 Å². The molecule has 0 unspecified atom stereocenters. The van der Waals surface area contributed by atoms with E-state index < -0.39 is 0 Å². The fraction of sp³-hybridized carbons (Fsp3) is 0.444. The SMILES string of the molecule is Brc1cncc(CN2CCC2)c1. The Morgan fingerprint density at radius 3 is 2.83 bits per heavy atom. The first-order valence-corrected chi connectivity index (χ1v) is 4.96. The minimum atomic E-state index is 1.05. The number of likely N-dealkylation sites (tertiary alicyclic amines) is 1. The van der Waals surface area contributed by atoms with Crippen molar-refractivity contribution < 1.29 is 0 Å². The molecule has 2 heterocycles. The maximum absolute atomic E-state index is 4.12. The van der Waals surface area contributed by atoms with Crippen LogP contribution in [0.15, 0.2) is 22.9 Å². The van der Waals surface area contributed by atoms with Crippen LogP contribution in [0, 0.1) is 0 Å². The van der Waals surface area contributed by atoms with Crippen molar-refractivity contribution in [2.24, 2.45) is 0 Å². The number of nitrogens with zero attached hydrogens (tertiary/aromatic N) is 2. The highest BCUT2D eigenvalue weighted by Gasteiger charge is 2.13. The van der Waals surface area contributed by atoms with Gasteiger partial charge in [0.15, 0.2) is 0 Å². The third-order valence-electron chi connectivity index (χ3n) is 2.12. The lowest BCUT2D eigenvalue weighted by Crippen LogP contribution is -2.36. The first-order chi connectivity index (χ1) is 5.84. The van der Waals surface area contributed by atoms with E-state index in [1.165, 1.54) is 25.1 Å². The Balaban J connectivity index is 2.02. The molecule has 1 aliphatic heterocycles. The second kappa shape index (κ2) is 3.54. The zero-order chi connectivity index (χ0) is 8.39. The summed E-state index contributed by atoms with van der Waals surface area (Å²) in [5.41, 5.74) is 1.30. The molecule has 0 N–H and O–H groups in total. The zero-order valence-electron chi connectivity index (χ0n) is 6.83. The molecule has 0 bridgehead atoms. The van der Waals surface area contributed by atoms with Gasteiger partial charge in [0.25, 0.3) is 0 Å². The van der Waals surface area contributed by atoms with Crippen LogP contribution in [-0.2, 0) is 6.54 Å². The molecular weight excluding hydrogens is 216 g/mol. The smallest absolute Gasteiger partial charge is 0.0410 e. The van der Waals surface area contributed by atoms with Gasteiger partial charge in [-0.1, -0.05) is 0 Å². The van der Waals surface area contributed by atoms with Crippen LogP contribution in [0.25, 0.3) is 0 Å². The van der Waals surface area contributed by atoms with Gasteiger partial charge in [-0.05, 0) is 47.1 Å². The summed E-state index contributed by atoms with van der Waals surface area (Å²) in [5, 5.41) is 0. The zero-order valence-corrected chi connectivity index (χ0v) is 8.42. The topological polar surface area (TPSA) is 16.1 Å². The predicted molar refractivity (Wildman–Crippen MR) is 51.8 cm³/mol. The molecule has 3 heteroatoms. The number of pyridine rings is 1. The van der Waals surface area contributed by atoms with E-state index in [-0.39, 0.29) is 0 Å². The summed E-state index contributed by atoms with van der Waals surface area (Å²) in [5.74, 6) is 0. The lowest BCUT2D eigenvalue weighted by Gasteiger charge is -2.30. The van der Waals surface area contributed by atoms with Crippen LogP contribution in [-0.4, -0.2) is 23.0 Å². The first-order valence-electron chi connectivity index (χ1n) is 4.16. The van der Waals surface area contributed by atoms with Crippen molar-refractivity contribution in [2.75, 3.05) is 13.1 Å². The fourth-order valence-electron chi connectivity index (χ4n) is 1.34. The molecule has 2 rings (SSSR count).